The van der Waals surface area contributed by atoms with Gasteiger partial charge in [0.25, 0.3) is 0 Å². The van der Waals surface area contributed by atoms with Crippen molar-refractivity contribution in [3.63, 3.8) is 0 Å². The fraction of sp³-hybridized carbons (Fsp3) is 0.222. The monoisotopic (exact) mass is 247 g/mol. The molecule has 0 saturated heterocycles. The smallest absolute Gasteiger partial charge is 0.140 e. The first-order chi connectivity index (χ1) is 7.11. The Morgan fingerprint density at radius 1 is 1.33 bits per heavy atom. The summed E-state index contributed by atoms with van der Waals surface area (Å²) in [4.78, 5) is 0. The molecule has 0 aliphatic rings. The number of rotatable bonds is 4. The minimum atomic E-state index is 0.177. The van der Waals surface area contributed by atoms with E-state index in [-0.39, 0.29) is 5.84 Å². The van der Waals surface area contributed by atoms with Gasteiger partial charge in [-0.1, -0.05) is 28.4 Å². The van der Waals surface area contributed by atoms with Gasteiger partial charge in [-0.3, -0.25) is 0 Å². The fourth-order valence-corrected chi connectivity index (χ4v) is 1.57. The van der Waals surface area contributed by atoms with Gasteiger partial charge in [0.2, 0.25) is 0 Å². The van der Waals surface area contributed by atoms with Crippen LogP contribution in [0.25, 0.3) is 0 Å². The van der Waals surface area contributed by atoms with Crippen molar-refractivity contribution in [3.05, 3.63) is 28.2 Å². The van der Waals surface area contributed by atoms with Gasteiger partial charge in [0.05, 0.1) is 0 Å². The molecule has 6 heteroatoms. The van der Waals surface area contributed by atoms with Gasteiger partial charge in [0.15, 0.2) is 0 Å². The van der Waals surface area contributed by atoms with Crippen molar-refractivity contribution in [3.8, 4) is 0 Å². The molecule has 1 aromatic carbocycles. The summed E-state index contributed by atoms with van der Waals surface area (Å²) < 4.78 is 0. The second-order valence-corrected chi connectivity index (χ2v) is 3.80. The molecule has 0 aromatic heterocycles. The van der Waals surface area contributed by atoms with Gasteiger partial charge in [0.1, 0.15) is 5.84 Å². The van der Waals surface area contributed by atoms with Gasteiger partial charge < -0.3 is 16.3 Å². The first-order valence-corrected chi connectivity index (χ1v) is 5.04. The van der Waals surface area contributed by atoms with Crippen LogP contribution in [0.3, 0.4) is 0 Å². The van der Waals surface area contributed by atoms with Crippen LogP contribution in [0.2, 0.25) is 10.0 Å². The molecule has 0 atom stereocenters. The number of hydrogen-bond donors (Lipinski definition) is 3. The molecule has 0 spiro atoms. The molecule has 0 aliphatic heterocycles. The lowest BCUT2D eigenvalue weighted by atomic mass is 10.3. The maximum Gasteiger partial charge on any atom is 0.140 e. The average molecular weight is 248 g/mol. The van der Waals surface area contributed by atoms with E-state index in [1.54, 1.807) is 18.2 Å². The highest BCUT2D eigenvalue weighted by molar-refractivity contribution is 6.35. The summed E-state index contributed by atoms with van der Waals surface area (Å²) in [7, 11) is 0. The molecule has 0 amide bonds. The maximum atomic E-state index is 8.31. The third-order valence-corrected chi connectivity index (χ3v) is 2.14. The number of oxime groups is 1. The van der Waals surface area contributed by atoms with Gasteiger partial charge in [-0.15, -0.1) is 0 Å². The second-order valence-electron chi connectivity index (χ2n) is 2.93. The zero-order valence-corrected chi connectivity index (χ0v) is 9.39. The number of halogens is 2. The van der Waals surface area contributed by atoms with E-state index in [9.17, 15) is 0 Å². The molecule has 0 saturated carbocycles. The Morgan fingerprint density at radius 2 is 1.93 bits per heavy atom. The third-order valence-electron chi connectivity index (χ3n) is 1.70. The van der Waals surface area contributed by atoms with E-state index in [4.69, 9.17) is 34.1 Å². The summed E-state index contributed by atoms with van der Waals surface area (Å²) in [5.41, 5.74) is 6.11. The standard InChI is InChI=1S/C9H11Cl2N3O/c10-6-3-7(11)5-8(4-6)13-2-1-9(12)14-15/h3-5,13,15H,1-2H2,(H2,12,14). The van der Waals surface area contributed by atoms with Crippen molar-refractivity contribution < 1.29 is 5.21 Å². The molecule has 0 heterocycles. The van der Waals surface area contributed by atoms with Crippen LogP contribution in [0.4, 0.5) is 5.69 Å². The van der Waals surface area contributed by atoms with Crippen LogP contribution in [-0.4, -0.2) is 17.6 Å². The molecule has 0 bridgehead atoms. The Bertz CT molecular complexity index is 348. The van der Waals surface area contributed by atoms with Crippen molar-refractivity contribution in [1.82, 2.24) is 0 Å². The van der Waals surface area contributed by atoms with Crippen LogP contribution < -0.4 is 11.1 Å². The predicted octanol–water partition coefficient (Wildman–Crippen LogP) is 2.54. The maximum absolute atomic E-state index is 8.31. The summed E-state index contributed by atoms with van der Waals surface area (Å²) in [6, 6.07) is 5.15. The SMILES string of the molecule is NC(CCNc1cc(Cl)cc(Cl)c1)=NO. The predicted molar refractivity (Wildman–Crippen MR) is 63.0 cm³/mol. The zero-order chi connectivity index (χ0) is 11.3. The topological polar surface area (TPSA) is 70.6 Å². The van der Waals surface area contributed by atoms with E-state index in [0.717, 1.165) is 5.69 Å². The summed E-state index contributed by atoms with van der Waals surface area (Å²) >= 11 is 11.6. The number of nitrogens with two attached hydrogens (primary N) is 1. The van der Waals surface area contributed by atoms with Crippen LogP contribution in [0.15, 0.2) is 23.4 Å². The Kier molecular flexibility index (Phi) is 4.52. The number of benzene rings is 1. The Morgan fingerprint density at radius 3 is 2.47 bits per heavy atom. The summed E-state index contributed by atoms with van der Waals surface area (Å²) in [5.74, 6) is 0.177. The van der Waals surface area contributed by atoms with Crippen LogP contribution in [0.5, 0.6) is 0 Å². The third kappa shape index (κ3) is 4.27. The van der Waals surface area contributed by atoms with Gasteiger partial charge in [-0.05, 0) is 18.2 Å². The van der Waals surface area contributed by atoms with Crippen LogP contribution in [-0.2, 0) is 0 Å². The Balaban J connectivity index is 2.51. The van der Waals surface area contributed by atoms with Crippen molar-refractivity contribution in [2.75, 3.05) is 11.9 Å². The van der Waals surface area contributed by atoms with Crippen LogP contribution in [0.1, 0.15) is 6.42 Å². The minimum absolute atomic E-state index is 0.177. The van der Waals surface area contributed by atoms with E-state index in [2.05, 4.69) is 10.5 Å². The largest absolute Gasteiger partial charge is 0.409 e. The van der Waals surface area contributed by atoms with E-state index in [1.165, 1.54) is 0 Å². The van der Waals surface area contributed by atoms with Crippen molar-refractivity contribution in [2.45, 2.75) is 6.42 Å². The molecule has 1 aromatic rings. The van der Waals surface area contributed by atoms with Gasteiger partial charge in [-0.25, -0.2) is 0 Å². The molecule has 0 fully saturated rings. The first-order valence-electron chi connectivity index (χ1n) is 4.28. The van der Waals surface area contributed by atoms with Crippen molar-refractivity contribution in [2.24, 2.45) is 10.9 Å². The fourth-order valence-electron chi connectivity index (χ4n) is 1.04. The normalized spacial score (nSPS) is 11.5. The van der Waals surface area contributed by atoms with Crippen LogP contribution >= 0.6 is 23.2 Å². The van der Waals surface area contributed by atoms with Gasteiger partial charge >= 0.3 is 0 Å². The molecular formula is C9H11Cl2N3O. The first kappa shape index (κ1) is 11.9. The average Bonchev–Trinajstić information content (AvgIpc) is 2.16. The molecule has 15 heavy (non-hydrogen) atoms. The number of nitrogens with zero attached hydrogens (tertiary/aromatic N) is 1. The molecule has 0 unspecified atom stereocenters. The van der Waals surface area contributed by atoms with E-state index in [1.807, 2.05) is 0 Å². The molecule has 4 nitrogen and oxygen atoms in total. The lowest BCUT2D eigenvalue weighted by Gasteiger charge is -2.06. The highest BCUT2D eigenvalue weighted by atomic mass is 35.5. The molecule has 82 valence electrons. The van der Waals surface area contributed by atoms with E-state index in [0.29, 0.717) is 23.0 Å². The summed E-state index contributed by atoms with van der Waals surface area (Å²) in [6.07, 6.45) is 0.445. The quantitative estimate of drug-likeness (QED) is 0.332. The number of hydrogen-bond acceptors (Lipinski definition) is 3. The zero-order valence-electron chi connectivity index (χ0n) is 7.87. The molecule has 4 N–H and O–H groups in total. The van der Waals surface area contributed by atoms with Gasteiger partial charge in [-0.2, -0.15) is 0 Å². The number of nitrogens with one attached hydrogen (secondary N) is 1. The van der Waals surface area contributed by atoms with E-state index < -0.39 is 0 Å². The van der Waals surface area contributed by atoms with Gasteiger partial charge in [0, 0.05) is 28.7 Å². The number of anilines is 1. The van der Waals surface area contributed by atoms with E-state index >= 15 is 0 Å². The molecule has 0 aliphatic carbocycles. The van der Waals surface area contributed by atoms with Crippen molar-refractivity contribution >= 4 is 34.7 Å². The lowest BCUT2D eigenvalue weighted by Crippen LogP contribution is -2.16. The Hall–Kier alpha value is -1.13. The minimum Gasteiger partial charge on any atom is -0.409 e. The Labute approximate surface area is 97.7 Å². The second kappa shape index (κ2) is 5.68. The highest BCUT2D eigenvalue weighted by Crippen LogP contribution is 2.22. The molecule has 1 rings (SSSR count). The van der Waals surface area contributed by atoms with Crippen LogP contribution in [0, 0.1) is 0 Å². The number of amidine groups is 1. The molecule has 0 radical (unpaired) electrons. The van der Waals surface area contributed by atoms with Crippen molar-refractivity contribution in [1.29, 1.82) is 0 Å². The summed E-state index contributed by atoms with van der Waals surface area (Å²) in [6.45, 7) is 0.548. The highest BCUT2D eigenvalue weighted by Gasteiger charge is 1.98. The summed E-state index contributed by atoms with van der Waals surface area (Å²) in [5, 5.41) is 15.3. The lowest BCUT2D eigenvalue weighted by molar-refractivity contribution is 0.317. The molecular weight excluding hydrogens is 237 g/mol.